The van der Waals surface area contributed by atoms with Gasteiger partial charge in [0.15, 0.2) is 5.82 Å². The molecule has 0 atom stereocenters. The molecule has 0 amide bonds. The molecular formula is C20H16F3N7O. The number of nitrogens with one attached hydrogen (secondary N) is 2. The van der Waals surface area contributed by atoms with Crippen molar-refractivity contribution in [3.05, 3.63) is 66.0 Å². The Morgan fingerprint density at radius 3 is 2.48 bits per heavy atom. The first-order valence-corrected chi connectivity index (χ1v) is 9.03. The number of alkyl halides is 3. The lowest BCUT2D eigenvalue weighted by Crippen LogP contribution is -2.05. The molecule has 0 aliphatic rings. The van der Waals surface area contributed by atoms with Gasteiger partial charge in [0.25, 0.3) is 0 Å². The monoisotopic (exact) mass is 427 g/mol. The van der Waals surface area contributed by atoms with Crippen LogP contribution in [0.5, 0.6) is 11.6 Å². The summed E-state index contributed by atoms with van der Waals surface area (Å²) in [5.41, 5.74) is 5.87. The molecule has 8 nitrogen and oxygen atoms in total. The largest absolute Gasteiger partial charge is 0.439 e. The average Bonchev–Trinajstić information content (AvgIpc) is 3.16. The third-order valence-corrected chi connectivity index (χ3v) is 4.12. The van der Waals surface area contributed by atoms with E-state index in [0.717, 1.165) is 12.1 Å². The number of halogens is 3. The van der Waals surface area contributed by atoms with Crippen LogP contribution in [0.3, 0.4) is 0 Å². The third kappa shape index (κ3) is 4.89. The molecule has 0 spiro atoms. The molecule has 0 fully saturated rings. The van der Waals surface area contributed by atoms with Crippen LogP contribution in [0.25, 0.3) is 11.4 Å². The molecule has 158 valence electrons. The smallest absolute Gasteiger partial charge is 0.416 e. The van der Waals surface area contributed by atoms with E-state index < -0.39 is 11.7 Å². The molecule has 0 aliphatic carbocycles. The van der Waals surface area contributed by atoms with Crippen molar-refractivity contribution in [2.45, 2.75) is 13.1 Å². The first-order valence-electron chi connectivity index (χ1n) is 9.03. The van der Waals surface area contributed by atoms with Crippen molar-refractivity contribution >= 4 is 17.5 Å². The molecule has 0 unspecified atom stereocenters. The van der Waals surface area contributed by atoms with E-state index in [1.165, 1.54) is 18.2 Å². The molecule has 4 N–H and O–H groups in total. The first kappa shape index (κ1) is 20.1. The highest BCUT2D eigenvalue weighted by Gasteiger charge is 2.30. The number of benzene rings is 2. The number of aryl methyl sites for hydroxylation is 1. The van der Waals surface area contributed by atoms with Crippen LogP contribution < -0.4 is 15.8 Å². The Labute approximate surface area is 174 Å². The van der Waals surface area contributed by atoms with Crippen molar-refractivity contribution in [1.29, 1.82) is 0 Å². The van der Waals surface area contributed by atoms with Crippen molar-refractivity contribution in [3.8, 4) is 23.0 Å². The number of nitrogens with zero attached hydrogens (tertiary/aromatic N) is 4. The maximum absolute atomic E-state index is 12.9. The van der Waals surface area contributed by atoms with Crippen LogP contribution in [-0.4, -0.2) is 25.1 Å². The first-order chi connectivity index (χ1) is 14.8. The highest BCUT2D eigenvalue weighted by Crippen LogP contribution is 2.31. The van der Waals surface area contributed by atoms with Gasteiger partial charge >= 0.3 is 6.18 Å². The number of ether oxygens (including phenoxy) is 1. The zero-order valence-corrected chi connectivity index (χ0v) is 16.1. The molecule has 4 rings (SSSR count). The summed E-state index contributed by atoms with van der Waals surface area (Å²) in [6.07, 6.45) is -4.43. The van der Waals surface area contributed by atoms with E-state index >= 15 is 0 Å². The minimum Gasteiger partial charge on any atom is -0.439 e. The zero-order chi connectivity index (χ0) is 22.0. The van der Waals surface area contributed by atoms with Crippen LogP contribution >= 0.6 is 0 Å². The molecule has 0 saturated carbocycles. The Hall–Kier alpha value is -4.15. The number of nitrogens with two attached hydrogens (primary N) is 1. The Bertz CT molecular complexity index is 1190. The number of hydrogen-bond donors (Lipinski definition) is 3. The maximum atomic E-state index is 12.9. The summed E-state index contributed by atoms with van der Waals surface area (Å²) in [7, 11) is 0. The Kier molecular flexibility index (Phi) is 5.15. The van der Waals surface area contributed by atoms with Gasteiger partial charge in [-0.05, 0) is 49.4 Å². The van der Waals surface area contributed by atoms with E-state index in [9.17, 15) is 13.2 Å². The number of hydrogen-bond acceptors (Lipinski definition) is 7. The van der Waals surface area contributed by atoms with Gasteiger partial charge in [0, 0.05) is 17.3 Å². The van der Waals surface area contributed by atoms with Gasteiger partial charge in [-0.3, -0.25) is 0 Å². The van der Waals surface area contributed by atoms with E-state index in [-0.39, 0.29) is 11.6 Å². The summed E-state index contributed by atoms with van der Waals surface area (Å²) < 4.78 is 44.2. The quantitative estimate of drug-likeness (QED) is 0.423. The summed E-state index contributed by atoms with van der Waals surface area (Å²) in [5, 5.41) is 10.7. The number of nitrogen functional groups attached to an aromatic ring is 1. The zero-order valence-electron chi connectivity index (χ0n) is 16.1. The van der Waals surface area contributed by atoms with Gasteiger partial charge in [-0.2, -0.15) is 18.2 Å². The van der Waals surface area contributed by atoms with E-state index in [1.807, 2.05) is 0 Å². The lowest BCUT2D eigenvalue weighted by molar-refractivity contribution is -0.137. The standard InChI is InChI=1S/C20H16F3N7O/c1-11-25-16(24)10-17(26-11)31-15-7-5-12(6-8-15)18-28-19(30-29-18)27-14-4-2-3-13(9-14)20(21,22)23/h2-10H,1H3,(H2,24,25,26)(H2,27,28,29,30). The fraction of sp³-hybridized carbons (Fsp3) is 0.100. The molecule has 0 saturated heterocycles. The van der Waals surface area contributed by atoms with Crippen molar-refractivity contribution in [2.75, 3.05) is 11.1 Å². The van der Waals surface area contributed by atoms with E-state index in [0.29, 0.717) is 34.7 Å². The maximum Gasteiger partial charge on any atom is 0.416 e. The minimum absolute atomic E-state index is 0.210. The van der Waals surface area contributed by atoms with Crippen LogP contribution in [0.1, 0.15) is 11.4 Å². The second-order valence-corrected chi connectivity index (χ2v) is 6.53. The van der Waals surface area contributed by atoms with E-state index in [2.05, 4.69) is 30.5 Å². The molecule has 0 bridgehead atoms. The highest BCUT2D eigenvalue weighted by molar-refractivity contribution is 5.60. The Balaban J connectivity index is 1.47. The number of H-pyrrole nitrogens is 1. The van der Waals surface area contributed by atoms with Gasteiger partial charge in [0.1, 0.15) is 17.4 Å². The molecule has 0 aliphatic heterocycles. The van der Waals surface area contributed by atoms with Crippen LogP contribution in [0.15, 0.2) is 54.6 Å². The van der Waals surface area contributed by atoms with Crippen LogP contribution in [0, 0.1) is 6.92 Å². The van der Waals surface area contributed by atoms with Crippen molar-refractivity contribution in [3.63, 3.8) is 0 Å². The minimum atomic E-state index is -4.43. The molecule has 31 heavy (non-hydrogen) atoms. The topological polar surface area (TPSA) is 115 Å². The predicted molar refractivity (Wildman–Crippen MR) is 108 cm³/mol. The summed E-state index contributed by atoms with van der Waals surface area (Å²) >= 11 is 0. The lowest BCUT2D eigenvalue weighted by atomic mass is 10.2. The van der Waals surface area contributed by atoms with E-state index in [4.69, 9.17) is 10.5 Å². The molecule has 0 radical (unpaired) electrons. The van der Waals surface area contributed by atoms with Gasteiger partial charge in [0.05, 0.1) is 5.56 Å². The van der Waals surface area contributed by atoms with Crippen molar-refractivity contribution in [2.24, 2.45) is 0 Å². The fourth-order valence-electron chi connectivity index (χ4n) is 2.77. The number of rotatable bonds is 5. The average molecular weight is 427 g/mol. The number of aromatic amines is 1. The summed E-state index contributed by atoms with van der Waals surface area (Å²) in [5.74, 6) is 2.30. The third-order valence-electron chi connectivity index (χ3n) is 4.12. The van der Waals surface area contributed by atoms with Gasteiger partial charge in [-0.25, -0.2) is 4.98 Å². The second-order valence-electron chi connectivity index (χ2n) is 6.53. The molecule has 2 aromatic heterocycles. The fourth-order valence-corrected chi connectivity index (χ4v) is 2.77. The van der Waals surface area contributed by atoms with Crippen LogP contribution in [-0.2, 0) is 6.18 Å². The van der Waals surface area contributed by atoms with Crippen LogP contribution in [0.2, 0.25) is 0 Å². The highest BCUT2D eigenvalue weighted by atomic mass is 19.4. The van der Waals surface area contributed by atoms with Crippen LogP contribution in [0.4, 0.5) is 30.6 Å². The van der Waals surface area contributed by atoms with E-state index in [1.54, 1.807) is 31.2 Å². The van der Waals surface area contributed by atoms with Gasteiger partial charge in [0.2, 0.25) is 11.8 Å². The number of aromatic nitrogens is 5. The summed E-state index contributed by atoms with van der Waals surface area (Å²) in [6.45, 7) is 1.71. The van der Waals surface area contributed by atoms with Gasteiger partial charge in [-0.15, -0.1) is 10.2 Å². The van der Waals surface area contributed by atoms with Crippen molar-refractivity contribution in [1.82, 2.24) is 25.1 Å². The Morgan fingerprint density at radius 1 is 1.00 bits per heavy atom. The Morgan fingerprint density at radius 2 is 1.77 bits per heavy atom. The molecule has 2 aromatic carbocycles. The SMILES string of the molecule is Cc1nc(N)cc(Oc2ccc(-c3nnc(Nc4cccc(C(F)(F)F)c4)[nH]3)cc2)n1. The summed E-state index contributed by atoms with van der Waals surface area (Å²) in [4.78, 5) is 11.1. The molecule has 11 heteroatoms. The molecule has 2 heterocycles. The normalized spacial score (nSPS) is 11.4. The predicted octanol–water partition coefficient (Wildman–Crippen LogP) is 4.71. The molecule has 4 aromatic rings. The summed E-state index contributed by atoms with van der Waals surface area (Å²) in [6, 6.07) is 13.3. The molecular weight excluding hydrogens is 411 g/mol. The second kappa shape index (κ2) is 7.94. The lowest BCUT2D eigenvalue weighted by Gasteiger charge is -2.08. The van der Waals surface area contributed by atoms with Crippen molar-refractivity contribution < 1.29 is 17.9 Å². The van der Waals surface area contributed by atoms with Gasteiger partial charge < -0.3 is 20.8 Å². The number of anilines is 3. The van der Waals surface area contributed by atoms with Gasteiger partial charge in [-0.1, -0.05) is 6.07 Å².